The van der Waals surface area contributed by atoms with Crippen LogP contribution in [0.3, 0.4) is 0 Å². The predicted molar refractivity (Wildman–Crippen MR) is 129 cm³/mol. The quantitative estimate of drug-likeness (QED) is 0.386. The van der Waals surface area contributed by atoms with E-state index in [0.29, 0.717) is 11.4 Å². The van der Waals surface area contributed by atoms with Gasteiger partial charge in [-0.1, -0.05) is 66.7 Å². The van der Waals surface area contributed by atoms with Gasteiger partial charge in [0.25, 0.3) is 5.91 Å². The molecule has 4 aromatic rings. The highest BCUT2D eigenvalue weighted by Gasteiger charge is 2.11. The summed E-state index contributed by atoms with van der Waals surface area (Å²) in [4.78, 5) is 12.7. The van der Waals surface area contributed by atoms with E-state index < -0.39 is 0 Å². The van der Waals surface area contributed by atoms with Crippen molar-refractivity contribution in [2.24, 2.45) is 0 Å². The van der Waals surface area contributed by atoms with Gasteiger partial charge in [0.15, 0.2) is 5.82 Å². The number of carbonyl (C=O) groups is 1. The lowest BCUT2D eigenvalue weighted by Gasteiger charge is -2.14. The minimum Gasteiger partial charge on any atom is -0.350 e. The normalized spacial score (nSPS) is 11.5. The highest BCUT2D eigenvalue weighted by Crippen LogP contribution is 2.19. The van der Waals surface area contributed by atoms with Gasteiger partial charge in [0.1, 0.15) is 0 Å². The molecule has 0 spiro atoms. The monoisotopic (exact) mass is 422 g/mol. The number of nitrogens with zero attached hydrogens (tertiary/aromatic N) is 2. The molecule has 3 aromatic carbocycles. The van der Waals surface area contributed by atoms with Crippen LogP contribution in [0.25, 0.3) is 11.3 Å². The number of carbonyl (C=O) groups excluding carboxylic acids is 1. The number of benzene rings is 3. The van der Waals surface area contributed by atoms with Crippen molar-refractivity contribution in [1.29, 1.82) is 0 Å². The van der Waals surface area contributed by atoms with E-state index in [9.17, 15) is 4.79 Å². The Morgan fingerprint density at radius 3 is 2.31 bits per heavy atom. The third kappa shape index (κ3) is 5.79. The van der Waals surface area contributed by atoms with Crippen LogP contribution in [-0.2, 0) is 6.42 Å². The molecule has 0 fully saturated rings. The van der Waals surface area contributed by atoms with E-state index in [4.69, 9.17) is 0 Å². The number of amides is 1. The molecular formula is C27H26N4O. The van der Waals surface area contributed by atoms with Gasteiger partial charge < -0.3 is 10.6 Å². The van der Waals surface area contributed by atoms with Crippen LogP contribution in [0.4, 0.5) is 11.5 Å². The molecule has 0 aliphatic carbocycles. The third-order valence-corrected chi connectivity index (χ3v) is 5.22. The lowest BCUT2D eigenvalue weighted by molar-refractivity contribution is 0.0938. The van der Waals surface area contributed by atoms with E-state index in [2.05, 4.69) is 33.0 Å². The van der Waals surface area contributed by atoms with Crippen LogP contribution in [0.1, 0.15) is 29.3 Å². The summed E-state index contributed by atoms with van der Waals surface area (Å²) in [5.74, 6) is 0.540. The van der Waals surface area contributed by atoms with Gasteiger partial charge in [0.05, 0.1) is 5.69 Å². The molecule has 4 rings (SSSR count). The number of hydrogen-bond acceptors (Lipinski definition) is 4. The summed E-state index contributed by atoms with van der Waals surface area (Å²) < 4.78 is 0. The van der Waals surface area contributed by atoms with Gasteiger partial charge in [-0.15, -0.1) is 10.2 Å². The molecule has 0 saturated heterocycles. The standard InChI is InChI=1S/C27H26N4O/c1-20(15-16-21-9-4-2-5-10-21)28-27(32)23-13-8-14-24(19-23)29-26-18-17-25(30-31-26)22-11-6-3-7-12-22/h2-14,17-20H,15-16H2,1H3,(H,28,32)(H,29,31)/t20-/m0/s1. The summed E-state index contributed by atoms with van der Waals surface area (Å²) >= 11 is 0. The Hall–Kier alpha value is -3.99. The van der Waals surface area contributed by atoms with Crippen LogP contribution in [-0.4, -0.2) is 22.1 Å². The van der Waals surface area contributed by atoms with E-state index in [0.717, 1.165) is 29.8 Å². The van der Waals surface area contributed by atoms with Gasteiger partial charge in [-0.2, -0.15) is 0 Å². The third-order valence-electron chi connectivity index (χ3n) is 5.22. The summed E-state index contributed by atoms with van der Waals surface area (Å²) in [5, 5.41) is 14.9. The molecule has 1 aromatic heterocycles. The maximum absolute atomic E-state index is 12.7. The number of aryl methyl sites for hydroxylation is 1. The van der Waals surface area contributed by atoms with Crippen molar-refractivity contribution in [3.8, 4) is 11.3 Å². The van der Waals surface area contributed by atoms with E-state index in [1.54, 1.807) is 0 Å². The molecule has 5 heteroatoms. The minimum atomic E-state index is -0.0836. The summed E-state index contributed by atoms with van der Waals surface area (Å²) in [6.45, 7) is 2.03. The second-order valence-corrected chi connectivity index (χ2v) is 7.77. The second kappa shape index (κ2) is 10.4. The van der Waals surface area contributed by atoms with Gasteiger partial charge in [0.2, 0.25) is 0 Å². The zero-order valence-electron chi connectivity index (χ0n) is 18.0. The summed E-state index contributed by atoms with van der Waals surface area (Å²) in [7, 11) is 0. The first kappa shape index (κ1) is 21.2. The zero-order valence-corrected chi connectivity index (χ0v) is 18.0. The Kier molecular flexibility index (Phi) is 6.88. The molecule has 5 nitrogen and oxygen atoms in total. The van der Waals surface area contributed by atoms with Crippen LogP contribution in [0.15, 0.2) is 97.1 Å². The molecule has 2 N–H and O–H groups in total. The summed E-state index contributed by atoms with van der Waals surface area (Å²) in [6.07, 6.45) is 1.82. The van der Waals surface area contributed by atoms with Crippen LogP contribution in [0, 0.1) is 0 Å². The van der Waals surface area contributed by atoms with Crippen LogP contribution >= 0.6 is 0 Å². The Balaban J connectivity index is 1.35. The van der Waals surface area contributed by atoms with Crippen LogP contribution in [0.5, 0.6) is 0 Å². The van der Waals surface area contributed by atoms with Gasteiger partial charge in [-0.3, -0.25) is 4.79 Å². The van der Waals surface area contributed by atoms with Gasteiger partial charge in [-0.05, 0) is 55.7 Å². The fraction of sp³-hybridized carbons (Fsp3) is 0.148. The van der Waals surface area contributed by atoms with Crippen molar-refractivity contribution >= 4 is 17.4 Å². The molecule has 0 unspecified atom stereocenters. The maximum Gasteiger partial charge on any atom is 0.251 e. The SMILES string of the molecule is C[C@@H](CCc1ccccc1)NC(=O)c1cccc(Nc2ccc(-c3ccccc3)nn2)c1. The van der Waals surface area contributed by atoms with Crippen molar-refractivity contribution in [3.05, 3.63) is 108 Å². The van der Waals surface area contributed by atoms with Crippen molar-refractivity contribution in [3.63, 3.8) is 0 Å². The van der Waals surface area contributed by atoms with E-state index in [1.165, 1.54) is 5.56 Å². The summed E-state index contributed by atoms with van der Waals surface area (Å²) in [6, 6.07) is 31.5. The molecule has 32 heavy (non-hydrogen) atoms. The molecule has 0 bridgehead atoms. The largest absolute Gasteiger partial charge is 0.350 e. The maximum atomic E-state index is 12.7. The topological polar surface area (TPSA) is 66.9 Å². The highest BCUT2D eigenvalue weighted by atomic mass is 16.1. The number of rotatable bonds is 8. The van der Waals surface area contributed by atoms with Crippen LogP contribution in [0.2, 0.25) is 0 Å². The molecule has 0 aliphatic heterocycles. The Labute approximate surface area is 188 Å². The first-order valence-corrected chi connectivity index (χ1v) is 10.8. The molecule has 160 valence electrons. The molecule has 1 atom stereocenters. The molecule has 0 saturated carbocycles. The van der Waals surface area contributed by atoms with Crippen LogP contribution < -0.4 is 10.6 Å². The fourth-order valence-corrected chi connectivity index (χ4v) is 3.46. The number of hydrogen-bond donors (Lipinski definition) is 2. The average molecular weight is 423 g/mol. The Bertz CT molecular complexity index is 1150. The van der Waals surface area contributed by atoms with Gasteiger partial charge in [-0.25, -0.2) is 0 Å². The molecule has 0 radical (unpaired) electrons. The Morgan fingerprint density at radius 2 is 1.59 bits per heavy atom. The number of nitrogens with one attached hydrogen (secondary N) is 2. The van der Waals surface area contributed by atoms with Crippen molar-refractivity contribution in [2.45, 2.75) is 25.8 Å². The van der Waals surface area contributed by atoms with Crippen molar-refractivity contribution < 1.29 is 4.79 Å². The molecule has 1 amide bonds. The van der Waals surface area contributed by atoms with Crippen molar-refractivity contribution in [1.82, 2.24) is 15.5 Å². The smallest absolute Gasteiger partial charge is 0.251 e. The minimum absolute atomic E-state index is 0.0794. The molecule has 0 aliphatic rings. The lowest BCUT2D eigenvalue weighted by atomic mass is 10.1. The van der Waals surface area contributed by atoms with Gasteiger partial charge >= 0.3 is 0 Å². The number of aromatic nitrogens is 2. The predicted octanol–water partition coefficient (Wildman–Crippen LogP) is 5.64. The first-order chi connectivity index (χ1) is 15.7. The van der Waals surface area contributed by atoms with E-state index in [-0.39, 0.29) is 11.9 Å². The number of anilines is 2. The Morgan fingerprint density at radius 1 is 0.844 bits per heavy atom. The average Bonchev–Trinajstić information content (AvgIpc) is 2.84. The first-order valence-electron chi connectivity index (χ1n) is 10.8. The highest BCUT2D eigenvalue weighted by molar-refractivity contribution is 5.95. The molecule has 1 heterocycles. The van der Waals surface area contributed by atoms with E-state index in [1.807, 2.05) is 91.9 Å². The summed E-state index contributed by atoms with van der Waals surface area (Å²) in [5.41, 5.74) is 4.51. The lowest BCUT2D eigenvalue weighted by Crippen LogP contribution is -2.32. The van der Waals surface area contributed by atoms with Gasteiger partial charge in [0, 0.05) is 22.9 Å². The van der Waals surface area contributed by atoms with E-state index >= 15 is 0 Å². The molecular weight excluding hydrogens is 396 g/mol. The second-order valence-electron chi connectivity index (χ2n) is 7.77. The zero-order chi connectivity index (χ0) is 22.2. The fourth-order valence-electron chi connectivity index (χ4n) is 3.46. The van der Waals surface area contributed by atoms with Crippen molar-refractivity contribution in [2.75, 3.05) is 5.32 Å².